The van der Waals surface area contributed by atoms with Gasteiger partial charge in [0.25, 0.3) is 0 Å². The maximum Gasteiger partial charge on any atom is 0.146 e. The summed E-state index contributed by atoms with van der Waals surface area (Å²) in [7, 11) is 1.89. The Hall–Kier alpha value is -0.370. The third-order valence-corrected chi connectivity index (χ3v) is 2.87. The van der Waals surface area contributed by atoms with E-state index in [2.05, 4.69) is 5.32 Å². The van der Waals surface area contributed by atoms with Crippen LogP contribution in [0.3, 0.4) is 0 Å². The Kier molecular flexibility index (Phi) is 7.77. The van der Waals surface area contributed by atoms with Crippen LogP contribution in [0, 0.1) is 5.92 Å². The molecule has 1 saturated carbocycles. The molecule has 0 aromatic rings. The average Bonchev–Trinajstić information content (AvgIpc) is 2.23. The van der Waals surface area contributed by atoms with Gasteiger partial charge in [0.05, 0.1) is 6.04 Å². The molecule has 0 unspecified atom stereocenters. The van der Waals surface area contributed by atoms with E-state index in [-0.39, 0.29) is 6.04 Å². The van der Waals surface area contributed by atoms with E-state index in [4.69, 9.17) is 0 Å². The molecule has 1 rings (SSSR count). The summed E-state index contributed by atoms with van der Waals surface area (Å²) in [6, 6.07) is 0.116. The van der Waals surface area contributed by atoms with Crippen molar-refractivity contribution in [3.63, 3.8) is 0 Å². The first-order valence-corrected chi connectivity index (χ1v) is 5.93. The topological polar surface area (TPSA) is 29.1 Å². The van der Waals surface area contributed by atoms with Crippen molar-refractivity contribution in [3.05, 3.63) is 0 Å². The molecule has 0 heterocycles. The Morgan fingerprint density at radius 3 is 2.07 bits per heavy atom. The van der Waals surface area contributed by atoms with Crippen LogP contribution in [-0.4, -0.2) is 18.9 Å². The lowest BCUT2D eigenvalue weighted by Crippen LogP contribution is -2.40. The van der Waals surface area contributed by atoms with Crippen molar-refractivity contribution in [1.82, 2.24) is 5.32 Å². The lowest BCUT2D eigenvalue weighted by Gasteiger charge is -2.28. The zero-order valence-corrected chi connectivity index (χ0v) is 10.1. The van der Waals surface area contributed by atoms with Crippen LogP contribution in [-0.2, 0) is 4.79 Å². The molecule has 0 bridgehead atoms. The smallest absolute Gasteiger partial charge is 0.146 e. The number of hydrogen-bond donors (Lipinski definition) is 1. The van der Waals surface area contributed by atoms with Crippen LogP contribution in [0.2, 0.25) is 0 Å². The van der Waals surface area contributed by atoms with Crippen LogP contribution in [0.15, 0.2) is 0 Å². The molecule has 2 nitrogen and oxygen atoms in total. The molecule has 2 heteroatoms. The minimum Gasteiger partial charge on any atom is -0.310 e. The lowest BCUT2D eigenvalue weighted by molar-refractivity contribution is -0.120. The van der Waals surface area contributed by atoms with Gasteiger partial charge in [0.1, 0.15) is 5.78 Å². The maximum absolute atomic E-state index is 11.2. The summed E-state index contributed by atoms with van der Waals surface area (Å²) in [4.78, 5) is 11.2. The van der Waals surface area contributed by atoms with Gasteiger partial charge in [0.2, 0.25) is 0 Å². The number of likely N-dealkylation sites (N-methyl/N-ethyl adjacent to an activating group) is 1. The molecule has 1 N–H and O–H groups in total. The summed E-state index contributed by atoms with van der Waals surface area (Å²) in [5.74, 6) is 0.894. The molecule has 1 aliphatic carbocycles. The fourth-order valence-corrected chi connectivity index (χ4v) is 2.24. The Labute approximate surface area is 88.5 Å². The largest absolute Gasteiger partial charge is 0.310 e. The molecule has 0 amide bonds. The minimum absolute atomic E-state index is 0.116. The SMILES string of the molecule is CC.CN[C@H](C(C)=O)C1CCCCC1. The van der Waals surface area contributed by atoms with Crippen LogP contribution in [0.1, 0.15) is 52.9 Å². The third kappa shape index (κ3) is 4.23. The molecule has 0 aliphatic heterocycles. The van der Waals surface area contributed by atoms with E-state index in [0.29, 0.717) is 11.7 Å². The van der Waals surface area contributed by atoms with Gasteiger partial charge in [-0.3, -0.25) is 4.79 Å². The second-order valence-electron chi connectivity index (χ2n) is 3.78. The standard InChI is InChI=1S/C10H19NO.C2H6/c1-8(12)10(11-2)9-6-4-3-5-7-9;1-2/h9-11H,3-7H2,1-2H3;1-2H3/t10-;/m1./s1. The van der Waals surface area contributed by atoms with Gasteiger partial charge in [0, 0.05) is 0 Å². The lowest BCUT2D eigenvalue weighted by atomic mass is 9.82. The van der Waals surface area contributed by atoms with E-state index in [1.54, 1.807) is 6.92 Å². The highest BCUT2D eigenvalue weighted by molar-refractivity contribution is 5.81. The van der Waals surface area contributed by atoms with Gasteiger partial charge < -0.3 is 5.32 Å². The zero-order chi connectivity index (χ0) is 11.0. The molecule has 14 heavy (non-hydrogen) atoms. The molecule has 0 radical (unpaired) electrons. The Morgan fingerprint density at radius 1 is 1.21 bits per heavy atom. The fourth-order valence-electron chi connectivity index (χ4n) is 2.24. The predicted molar refractivity (Wildman–Crippen MR) is 61.5 cm³/mol. The molecule has 0 aromatic heterocycles. The van der Waals surface area contributed by atoms with Crippen LogP contribution < -0.4 is 5.32 Å². The molecule has 1 atom stereocenters. The van der Waals surface area contributed by atoms with Gasteiger partial charge >= 0.3 is 0 Å². The highest BCUT2D eigenvalue weighted by Crippen LogP contribution is 2.26. The first-order valence-electron chi connectivity index (χ1n) is 5.93. The van der Waals surface area contributed by atoms with Crippen molar-refractivity contribution in [2.75, 3.05) is 7.05 Å². The number of nitrogens with one attached hydrogen (secondary N) is 1. The summed E-state index contributed by atoms with van der Waals surface area (Å²) in [5, 5.41) is 3.12. The van der Waals surface area contributed by atoms with E-state index in [1.807, 2.05) is 20.9 Å². The second kappa shape index (κ2) is 7.98. The first kappa shape index (κ1) is 13.6. The maximum atomic E-state index is 11.2. The summed E-state index contributed by atoms with van der Waals surface area (Å²) in [6.07, 6.45) is 6.41. The van der Waals surface area contributed by atoms with Crippen LogP contribution >= 0.6 is 0 Å². The molecule has 84 valence electrons. The Morgan fingerprint density at radius 2 is 1.71 bits per heavy atom. The molecule has 1 fully saturated rings. The van der Waals surface area contributed by atoms with Gasteiger partial charge in [0.15, 0.2) is 0 Å². The number of ketones is 1. The molecular weight excluding hydrogens is 174 g/mol. The monoisotopic (exact) mass is 199 g/mol. The minimum atomic E-state index is 0.116. The number of hydrogen-bond acceptors (Lipinski definition) is 2. The van der Waals surface area contributed by atoms with E-state index in [0.717, 1.165) is 0 Å². The summed E-state index contributed by atoms with van der Waals surface area (Å²) < 4.78 is 0. The number of carbonyl (C=O) groups excluding carboxylic acids is 1. The molecule has 0 spiro atoms. The van der Waals surface area contributed by atoms with E-state index >= 15 is 0 Å². The second-order valence-corrected chi connectivity index (χ2v) is 3.78. The highest BCUT2D eigenvalue weighted by Gasteiger charge is 2.25. The van der Waals surface area contributed by atoms with Crippen molar-refractivity contribution >= 4 is 5.78 Å². The van der Waals surface area contributed by atoms with Crippen molar-refractivity contribution in [2.45, 2.75) is 58.9 Å². The van der Waals surface area contributed by atoms with E-state index < -0.39 is 0 Å². The Bertz CT molecular complexity index is 150. The molecular formula is C12H25NO. The zero-order valence-electron chi connectivity index (χ0n) is 10.1. The van der Waals surface area contributed by atoms with E-state index in [1.165, 1.54) is 32.1 Å². The summed E-state index contributed by atoms with van der Waals surface area (Å²) in [6.45, 7) is 5.69. The van der Waals surface area contributed by atoms with Gasteiger partial charge in [-0.25, -0.2) is 0 Å². The molecule has 1 aliphatic rings. The first-order chi connectivity index (χ1) is 6.75. The summed E-state index contributed by atoms with van der Waals surface area (Å²) >= 11 is 0. The van der Waals surface area contributed by atoms with Gasteiger partial charge in [-0.1, -0.05) is 33.1 Å². The van der Waals surface area contributed by atoms with Crippen molar-refractivity contribution in [1.29, 1.82) is 0 Å². The molecule has 0 aromatic carbocycles. The average molecular weight is 199 g/mol. The van der Waals surface area contributed by atoms with Crippen LogP contribution in [0.25, 0.3) is 0 Å². The van der Waals surface area contributed by atoms with Crippen molar-refractivity contribution < 1.29 is 4.79 Å². The fraction of sp³-hybridized carbons (Fsp3) is 0.917. The van der Waals surface area contributed by atoms with Crippen LogP contribution in [0.5, 0.6) is 0 Å². The van der Waals surface area contributed by atoms with Gasteiger partial charge in [-0.2, -0.15) is 0 Å². The summed E-state index contributed by atoms with van der Waals surface area (Å²) in [5.41, 5.74) is 0. The molecule has 0 saturated heterocycles. The van der Waals surface area contributed by atoms with Crippen molar-refractivity contribution in [2.24, 2.45) is 5.92 Å². The predicted octanol–water partition coefficient (Wildman–Crippen LogP) is 2.77. The number of Topliss-reactive ketones (excluding diaryl/α,β-unsaturated/α-hetero) is 1. The number of carbonyl (C=O) groups is 1. The van der Waals surface area contributed by atoms with Gasteiger partial charge in [-0.15, -0.1) is 0 Å². The normalized spacial score (nSPS) is 19.4. The number of rotatable bonds is 3. The van der Waals surface area contributed by atoms with Crippen LogP contribution in [0.4, 0.5) is 0 Å². The highest BCUT2D eigenvalue weighted by atomic mass is 16.1. The van der Waals surface area contributed by atoms with Gasteiger partial charge in [-0.05, 0) is 32.7 Å². The third-order valence-electron chi connectivity index (χ3n) is 2.87. The van der Waals surface area contributed by atoms with Crippen molar-refractivity contribution in [3.8, 4) is 0 Å². The quantitative estimate of drug-likeness (QED) is 0.757. The van der Waals surface area contributed by atoms with E-state index in [9.17, 15) is 4.79 Å². The Balaban J connectivity index is 0.000000791.